The molecule has 2 rings (SSSR count). The van der Waals surface area contributed by atoms with Crippen LogP contribution < -0.4 is 16.0 Å². The number of hydrazine groups is 1. The fourth-order valence-electron chi connectivity index (χ4n) is 1.38. The molecule has 0 fully saturated rings. The van der Waals surface area contributed by atoms with Gasteiger partial charge in [-0.3, -0.25) is 0 Å². The van der Waals surface area contributed by atoms with Gasteiger partial charge in [0.15, 0.2) is 0 Å². The maximum atomic E-state index is 12.9. The zero-order chi connectivity index (χ0) is 13.0. The zero-order valence-electron chi connectivity index (χ0n) is 9.36. The molecule has 3 N–H and O–H groups in total. The highest BCUT2D eigenvalue weighted by Gasteiger charge is 2.04. The molecule has 0 saturated heterocycles. The van der Waals surface area contributed by atoms with Crippen LogP contribution in [0.25, 0.3) is 0 Å². The number of pyridine rings is 1. The number of ether oxygens (including phenoxy) is 1. The number of nitrogens with zero attached hydrogens (tertiary/aromatic N) is 1. The highest BCUT2D eigenvalue weighted by atomic mass is 79.9. The van der Waals surface area contributed by atoms with Crippen molar-refractivity contribution in [3.63, 3.8) is 0 Å². The quantitative estimate of drug-likeness (QED) is 0.673. The van der Waals surface area contributed by atoms with Crippen LogP contribution in [0.5, 0.6) is 5.75 Å². The summed E-state index contributed by atoms with van der Waals surface area (Å²) in [5.74, 6) is 6.07. The molecule has 0 aliphatic rings. The van der Waals surface area contributed by atoms with Gasteiger partial charge in [-0.1, -0.05) is 6.07 Å². The fraction of sp³-hybridized carbons (Fsp3) is 0.0833. The third-order valence-electron chi connectivity index (χ3n) is 2.22. The lowest BCUT2D eigenvalue weighted by Gasteiger charge is -2.08. The Balaban J connectivity index is 2.06. The van der Waals surface area contributed by atoms with Crippen molar-refractivity contribution in [2.45, 2.75) is 6.61 Å². The first-order valence-electron chi connectivity index (χ1n) is 5.19. The van der Waals surface area contributed by atoms with Crippen LogP contribution in [0.1, 0.15) is 5.69 Å². The molecule has 0 atom stereocenters. The molecule has 0 radical (unpaired) electrons. The second kappa shape index (κ2) is 5.79. The Morgan fingerprint density at radius 2 is 2.17 bits per heavy atom. The molecule has 0 amide bonds. The maximum Gasteiger partial charge on any atom is 0.140 e. The number of benzene rings is 1. The van der Waals surface area contributed by atoms with E-state index in [1.807, 2.05) is 12.1 Å². The topological polar surface area (TPSA) is 60.2 Å². The summed E-state index contributed by atoms with van der Waals surface area (Å²) in [6.07, 6.45) is 0. The van der Waals surface area contributed by atoms with Gasteiger partial charge in [-0.05, 0) is 46.3 Å². The molecule has 4 nitrogen and oxygen atoms in total. The van der Waals surface area contributed by atoms with Crippen LogP contribution in [0.4, 0.5) is 10.2 Å². The predicted octanol–water partition coefficient (Wildman–Crippen LogP) is 2.85. The SMILES string of the molecule is NNc1cccc(COc2ccc(F)cc2Br)n1. The van der Waals surface area contributed by atoms with E-state index in [0.29, 0.717) is 16.0 Å². The van der Waals surface area contributed by atoms with Gasteiger partial charge in [0.1, 0.15) is 24.0 Å². The van der Waals surface area contributed by atoms with Crippen LogP contribution in [-0.2, 0) is 6.61 Å². The van der Waals surface area contributed by atoms with Gasteiger partial charge in [0.25, 0.3) is 0 Å². The Bertz CT molecular complexity index is 551. The summed E-state index contributed by atoms with van der Waals surface area (Å²) in [5.41, 5.74) is 3.18. The van der Waals surface area contributed by atoms with Crippen LogP contribution in [0, 0.1) is 5.82 Å². The summed E-state index contributed by atoms with van der Waals surface area (Å²) in [4.78, 5) is 4.20. The zero-order valence-corrected chi connectivity index (χ0v) is 10.9. The molecule has 0 bridgehead atoms. The lowest BCUT2D eigenvalue weighted by Crippen LogP contribution is -2.09. The largest absolute Gasteiger partial charge is 0.486 e. The van der Waals surface area contributed by atoms with E-state index < -0.39 is 0 Å². The minimum atomic E-state index is -0.318. The molecule has 1 heterocycles. The van der Waals surface area contributed by atoms with Gasteiger partial charge in [-0.15, -0.1) is 0 Å². The summed E-state index contributed by atoms with van der Waals surface area (Å²) in [5, 5.41) is 0. The molecule has 94 valence electrons. The van der Waals surface area contributed by atoms with E-state index >= 15 is 0 Å². The van der Waals surface area contributed by atoms with E-state index in [0.717, 1.165) is 5.69 Å². The van der Waals surface area contributed by atoms with Crippen molar-refractivity contribution in [2.75, 3.05) is 5.43 Å². The number of hydrogen-bond acceptors (Lipinski definition) is 4. The second-order valence-electron chi connectivity index (χ2n) is 3.52. The number of hydrogen-bond donors (Lipinski definition) is 2. The molecule has 0 spiro atoms. The van der Waals surface area contributed by atoms with Crippen molar-refractivity contribution >= 4 is 21.7 Å². The molecule has 0 saturated carbocycles. The Morgan fingerprint density at radius 3 is 2.89 bits per heavy atom. The average molecular weight is 312 g/mol. The molecular formula is C12H11BrFN3O. The lowest BCUT2D eigenvalue weighted by atomic mass is 10.3. The number of nitrogen functional groups attached to an aromatic ring is 1. The Labute approximate surface area is 112 Å². The monoisotopic (exact) mass is 311 g/mol. The first-order valence-corrected chi connectivity index (χ1v) is 5.99. The van der Waals surface area contributed by atoms with Crippen molar-refractivity contribution < 1.29 is 9.13 Å². The van der Waals surface area contributed by atoms with Gasteiger partial charge in [-0.2, -0.15) is 0 Å². The molecule has 6 heteroatoms. The maximum absolute atomic E-state index is 12.9. The Morgan fingerprint density at radius 1 is 1.33 bits per heavy atom. The van der Waals surface area contributed by atoms with E-state index in [9.17, 15) is 4.39 Å². The highest BCUT2D eigenvalue weighted by Crippen LogP contribution is 2.26. The first kappa shape index (κ1) is 12.8. The molecule has 18 heavy (non-hydrogen) atoms. The van der Waals surface area contributed by atoms with Crippen molar-refractivity contribution in [3.05, 3.63) is 52.4 Å². The molecule has 1 aromatic carbocycles. The van der Waals surface area contributed by atoms with E-state index in [1.54, 1.807) is 12.1 Å². The van der Waals surface area contributed by atoms with Crippen molar-refractivity contribution in [2.24, 2.45) is 5.84 Å². The third kappa shape index (κ3) is 3.18. The van der Waals surface area contributed by atoms with Crippen LogP contribution >= 0.6 is 15.9 Å². The summed E-state index contributed by atoms with van der Waals surface area (Å²) < 4.78 is 19.0. The molecule has 0 aliphatic heterocycles. The van der Waals surface area contributed by atoms with Crippen LogP contribution in [0.15, 0.2) is 40.9 Å². The van der Waals surface area contributed by atoms with Gasteiger partial charge in [-0.25, -0.2) is 15.2 Å². The summed E-state index contributed by atoms with van der Waals surface area (Å²) in [6, 6.07) is 9.63. The number of nitrogens with one attached hydrogen (secondary N) is 1. The highest BCUT2D eigenvalue weighted by molar-refractivity contribution is 9.10. The smallest absolute Gasteiger partial charge is 0.140 e. The normalized spacial score (nSPS) is 10.2. The lowest BCUT2D eigenvalue weighted by molar-refractivity contribution is 0.299. The minimum Gasteiger partial charge on any atom is -0.486 e. The van der Waals surface area contributed by atoms with E-state index in [4.69, 9.17) is 10.6 Å². The Kier molecular flexibility index (Phi) is 4.11. The van der Waals surface area contributed by atoms with E-state index in [1.165, 1.54) is 12.1 Å². The number of halogens is 2. The molecule has 0 aliphatic carbocycles. The van der Waals surface area contributed by atoms with Crippen LogP contribution in [0.3, 0.4) is 0 Å². The van der Waals surface area contributed by atoms with Gasteiger partial charge >= 0.3 is 0 Å². The van der Waals surface area contributed by atoms with E-state index in [-0.39, 0.29) is 12.4 Å². The first-order chi connectivity index (χ1) is 8.69. The predicted molar refractivity (Wildman–Crippen MR) is 70.5 cm³/mol. The van der Waals surface area contributed by atoms with Gasteiger partial charge in [0.05, 0.1) is 10.2 Å². The number of anilines is 1. The Hall–Kier alpha value is -1.66. The number of rotatable bonds is 4. The standard InChI is InChI=1S/C12H11BrFN3O/c13-10-6-8(14)4-5-11(10)18-7-9-2-1-3-12(16-9)17-15/h1-6H,7,15H2,(H,16,17). The van der Waals surface area contributed by atoms with Gasteiger partial charge < -0.3 is 10.2 Å². The van der Waals surface area contributed by atoms with Crippen molar-refractivity contribution in [1.29, 1.82) is 0 Å². The van der Waals surface area contributed by atoms with Crippen LogP contribution in [-0.4, -0.2) is 4.98 Å². The van der Waals surface area contributed by atoms with Crippen molar-refractivity contribution in [3.8, 4) is 5.75 Å². The summed E-state index contributed by atoms with van der Waals surface area (Å²) in [6.45, 7) is 0.278. The second-order valence-corrected chi connectivity index (χ2v) is 4.38. The summed E-state index contributed by atoms with van der Waals surface area (Å²) >= 11 is 3.23. The van der Waals surface area contributed by atoms with Gasteiger partial charge in [0, 0.05) is 0 Å². The molecule has 0 unspecified atom stereocenters. The minimum absolute atomic E-state index is 0.278. The van der Waals surface area contributed by atoms with Crippen LogP contribution in [0.2, 0.25) is 0 Å². The number of nitrogens with two attached hydrogens (primary N) is 1. The third-order valence-corrected chi connectivity index (χ3v) is 2.84. The molecular weight excluding hydrogens is 301 g/mol. The molecule has 2 aromatic rings. The van der Waals surface area contributed by atoms with E-state index in [2.05, 4.69) is 26.3 Å². The number of aromatic nitrogens is 1. The summed E-state index contributed by atoms with van der Waals surface area (Å²) in [7, 11) is 0. The molecule has 1 aromatic heterocycles. The average Bonchev–Trinajstić information content (AvgIpc) is 2.38. The van der Waals surface area contributed by atoms with Gasteiger partial charge in [0.2, 0.25) is 0 Å². The van der Waals surface area contributed by atoms with Crippen molar-refractivity contribution in [1.82, 2.24) is 4.98 Å². The fourth-order valence-corrected chi connectivity index (χ4v) is 1.85.